The van der Waals surface area contributed by atoms with Crippen molar-refractivity contribution in [3.8, 4) is 0 Å². The summed E-state index contributed by atoms with van der Waals surface area (Å²) in [7, 11) is 0. The Morgan fingerprint density at radius 2 is 2.12 bits per heavy atom. The highest BCUT2D eigenvalue weighted by Gasteiger charge is 2.38. The second-order valence-corrected chi connectivity index (χ2v) is 4.36. The van der Waals surface area contributed by atoms with E-state index in [1.165, 1.54) is 0 Å². The largest absolute Gasteiger partial charge is 0.380 e. The molecule has 0 aromatic carbocycles. The Kier molecular flexibility index (Phi) is 2.92. The predicted octanol–water partition coefficient (Wildman–Crippen LogP) is 1.63. The third kappa shape index (κ3) is 2.22. The molecule has 1 aliphatic rings. The van der Waals surface area contributed by atoms with E-state index in [0.29, 0.717) is 18.7 Å². The number of nitrogens with zero attached hydrogens (tertiary/aromatic N) is 1. The van der Waals surface area contributed by atoms with Gasteiger partial charge in [-0.05, 0) is 44.7 Å². The molecule has 0 atom stereocenters. The molecule has 4 nitrogen and oxygen atoms in total. The lowest BCUT2D eigenvalue weighted by Gasteiger charge is -2.20. The number of aromatic nitrogens is 1. The van der Waals surface area contributed by atoms with Gasteiger partial charge in [0.15, 0.2) is 0 Å². The normalized spacial score (nSPS) is 18.4. The molecular weight excluding hydrogens is 204 g/mol. The van der Waals surface area contributed by atoms with Crippen LogP contribution in [0, 0.1) is 6.92 Å². The molecule has 4 heteroatoms. The van der Waals surface area contributed by atoms with Crippen molar-refractivity contribution in [2.24, 2.45) is 0 Å². The van der Waals surface area contributed by atoms with Crippen LogP contribution in [0.2, 0.25) is 0 Å². The molecule has 1 aromatic heterocycles. The summed E-state index contributed by atoms with van der Waals surface area (Å²) >= 11 is 0. The summed E-state index contributed by atoms with van der Waals surface area (Å²) in [4.78, 5) is 16.0. The van der Waals surface area contributed by atoms with Crippen molar-refractivity contribution in [1.29, 1.82) is 0 Å². The van der Waals surface area contributed by atoms with Gasteiger partial charge in [-0.15, -0.1) is 0 Å². The van der Waals surface area contributed by atoms with E-state index in [2.05, 4.69) is 10.3 Å². The lowest BCUT2D eigenvalue weighted by molar-refractivity contribution is -0.133. The average Bonchev–Trinajstić information content (AvgIpc) is 2.66. The smallest absolute Gasteiger partial charge is 0.257 e. The number of aliphatic hydroxyl groups is 1. The molecule has 0 bridgehead atoms. The summed E-state index contributed by atoms with van der Waals surface area (Å²) in [5.74, 6) is 0.174. The Balaban J connectivity index is 2.07. The maximum atomic E-state index is 11.8. The van der Waals surface area contributed by atoms with Gasteiger partial charge in [-0.3, -0.25) is 4.79 Å². The van der Waals surface area contributed by atoms with Crippen LogP contribution in [0.15, 0.2) is 18.2 Å². The van der Waals surface area contributed by atoms with Gasteiger partial charge < -0.3 is 10.4 Å². The molecule has 86 valence electrons. The maximum Gasteiger partial charge on any atom is 0.257 e. The first-order valence-corrected chi connectivity index (χ1v) is 5.58. The van der Waals surface area contributed by atoms with E-state index in [9.17, 15) is 9.90 Å². The number of carbonyl (C=O) groups excluding carboxylic acids is 1. The van der Waals surface area contributed by atoms with E-state index < -0.39 is 5.60 Å². The Hall–Kier alpha value is -1.42. The lowest BCUT2D eigenvalue weighted by Crippen LogP contribution is -2.40. The number of aryl methyl sites for hydroxylation is 1. The summed E-state index contributed by atoms with van der Waals surface area (Å²) in [6.45, 7) is 1.86. The van der Waals surface area contributed by atoms with Crippen LogP contribution in [-0.4, -0.2) is 21.6 Å². The summed E-state index contributed by atoms with van der Waals surface area (Å²) in [6.07, 6.45) is 2.91. The minimum atomic E-state index is -1.19. The van der Waals surface area contributed by atoms with Crippen LogP contribution in [0.4, 0.5) is 5.82 Å². The van der Waals surface area contributed by atoms with E-state index in [0.717, 1.165) is 18.5 Å². The Morgan fingerprint density at radius 1 is 1.44 bits per heavy atom. The number of pyridine rings is 1. The van der Waals surface area contributed by atoms with Crippen molar-refractivity contribution < 1.29 is 9.90 Å². The minimum Gasteiger partial charge on any atom is -0.380 e. The number of hydrogen-bond donors (Lipinski definition) is 2. The molecule has 0 radical (unpaired) electrons. The van der Waals surface area contributed by atoms with Crippen molar-refractivity contribution in [3.05, 3.63) is 23.9 Å². The second-order valence-electron chi connectivity index (χ2n) is 4.36. The van der Waals surface area contributed by atoms with Gasteiger partial charge in [0.25, 0.3) is 5.91 Å². The predicted molar refractivity (Wildman–Crippen MR) is 61.0 cm³/mol. The van der Waals surface area contributed by atoms with E-state index in [1.54, 1.807) is 6.07 Å². The van der Waals surface area contributed by atoms with Gasteiger partial charge in [-0.25, -0.2) is 4.98 Å². The molecule has 1 heterocycles. The van der Waals surface area contributed by atoms with Gasteiger partial charge in [0.2, 0.25) is 0 Å². The van der Waals surface area contributed by atoms with Gasteiger partial charge >= 0.3 is 0 Å². The molecular formula is C12H16N2O2. The zero-order valence-electron chi connectivity index (χ0n) is 9.36. The molecule has 0 spiro atoms. The van der Waals surface area contributed by atoms with Gasteiger partial charge in [0.05, 0.1) is 0 Å². The molecule has 1 fully saturated rings. The molecule has 0 unspecified atom stereocenters. The fourth-order valence-electron chi connectivity index (χ4n) is 2.03. The highest BCUT2D eigenvalue weighted by molar-refractivity contribution is 5.96. The molecule has 2 rings (SSSR count). The molecule has 1 amide bonds. The molecule has 1 aromatic rings. The monoisotopic (exact) mass is 220 g/mol. The quantitative estimate of drug-likeness (QED) is 0.796. The lowest BCUT2D eigenvalue weighted by atomic mass is 10.0. The van der Waals surface area contributed by atoms with E-state index >= 15 is 0 Å². The first-order valence-electron chi connectivity index (χ1n) is 5.58. The van der Waals surface area contributed by atoms with Crippen LogP contribution in [0.5, 0.6) is 0 Å². The summed E-state index contributed by atoms with van der Waals surface area (Å²) < 4.78 is 0. The molecule has 1 saturated carbocycles. The average molecular weight is 220 g/mol. The third-order valence-corrected chi connectivity index (χ3v) is 2.98. The molecule has 0 aliphatic heterocycles. The van der Waals surface area contributed by atoms with Crippen molar-refractivity contribution >= 4 is 11.7 Å². The maximum absolute atomic E-state index is 11.8. The Bertz CT molecular complexity index is 398. The topological polar surface area (TPSA) is 62.2 Å². The van der Waals surface area contributed by atoms with Crippen LogP contribution < -0.4 is 5.32 Å². The van der Waals surface area contributed by atoms with Gasteiger partial charge in [-0.1, -0.05) is 6.07 Å². The fraction of sp³-hybridized carbons (Fsp3) is 0.500. The number of nitrogens with one attached hydrogen (secondary N) is 1. The number of carbonyl (C=O) groups is 1. The first-order chi connectivity index (χ1) is 7.60. The number of amides is 1. The van der Waals surface area contributed by atoms with Crippen LogP contribution in [-0.2, 0) is 4.79 Å². The Morgan fingerprint density at radius 3 is 2.75 bits per heavy atom. The van der Waals surface area contributed by atoms with E-state index in [1.807, 2.05) is 19.1 Å². The van der Waals surface area contributed by atoms with Crippen molar-refractivity contribution in [3.63, 3.8) is 0 Å². The zero-order chi connectivity index (χ0) is 11.6. The van der Waals surface area contributed by atoms with Crippen LogP contribution in [0.3, 0.4) is 0 Å². The van der Waals surface area contributed by atoms with Crippen LogP contribution in [0.1, 0.15) is 31.4 Å². The SMILES string of the molecule is Cc1cccc(NC(=O)C2(O)CCCC2)n1. The van der Waals surface area contributed by atoms with Gasteiger partial charge in [0.1, 0.15) is 11.4 Å². The third-order valence-electron chi connectivity index (χ3n) is 2.98. The van der Waals surface area contributed by atoms with E-state index in [-0.39, 0.29) is 5.91 Å². The van der Waals surface area contributed by atoms with Gasteiger partial charge in [0, 0.05) is 5.69 Å². The van der Waals surface area contributed by atoms with Crippen LogP contribution >= 0.6 is 0 Å². The van der Waals surface area contributed by atoms with E-state index in [4.69, 9.17) is 0 Å². The first kappa shape index (κ1) is 11.1. The number of hydrogen-bond acceptors (Lipinski definition) is 3. The van der Waals surface area contributed by atoms with Crippen molar-refractivity contribution in [2.45, 2.75) is 38.2 Å². The summed E-state index contributed by atoms with van der Waals surface area (Å²) in [5, 5.41) is 12.7. The summed E-state index contributed by atoms with van der Waals surface area (Å²) in [6, 6.07) is 5.42. The highest BCUT2D eigenvalue weighted by atomic mass is 16.3. The second kappa shape index (κ2) is 4.22. The number of anilines is 1. The minimum absolute atomic E-state index is 0.330. The molecule has 16 heavy (non-hydrogen) atoms. The zero-order valence-corrected chi connectivity index (χ0v) is 9.36. The Labute approximate surface area is 94.7 Å². The fourth-order valence-corrected chi connectivity index (χ4v) is 2.03. The van der Waals surface area contributed by atoms with Crippen molar-refractivity contribution in [1.82, 2.24) is 4.98 Å². The van der Waals surface area contributed by atoms with Crippen molar-refractivity contribution in [2.75, 3.05) is 5.32 Å². The highest BCUT2D eigenvalue weighted by Crippen LogP contribution is 2.30. The van der Waals surface area contributed by atoms with Gasteiger partial charge in [-0.2, -0.15) is 0 Å². The summed E-state index contributed by atoms with van der Waals surface area (Å²) in [5.41, 5.74) is -0.345. The molecule has 1 aliphatic carbocycles. The molecule has 0 saturated heterocycles. The standard InChI is InChI=1S/C12H16N2O2/c1-9-5-4-6-10(13-9)14-11(15)12(16)7-2-3-8-12/h4-6,16H,2-3,7-8H2,1H3,(H,13,14,15). The van der Waals surface area contributed by atoms with Crippen LogP contribution in [0.25, 0.3) is 0 Å². The molecule has 2 N–H and O–H groups in total. The number of rotatable bonds is 2.